The zero-order valence-corrected chi connectivity index (χ0v) is 16.3. The number of hydrogen-bond acceptors (Lipinski definition) is 5. The second kappa shape index (κ2) is 9.43. The van der Waals surface area contributed by atoms with Crippen LogP contribution in [0.4, 0.5) is 11.6 Å². The fourth-order valence-corrected chi connectivity index (χ4v) is 3.03. The van der Waals surface area contributed by atoms with E-state index in [-0.39, 0.29) is 5.91 Å². The lowest BCUT2D eigenvalue weighted by molar-refractivity contribution is 0.0946. The first-order valence-electron chi connectivity index (χ1n) is 9.66. The van der Waals surface area contributed by atoms with E-state index >= 15 is 0 Å². The summed E-state index contributed by atoms with van der Waals surface area (Å²) in [7, 11) is 0. The Balaban J connectivity index is 1.57. The molecule has 1 amide bonds. The lowest BCUT2D eigenvalue weighted by atomic mass is 10.2. The number of para-hydroxylation sites is 1. The Hall–Kier alpha value is -4.06. The van der Waals surface area contributed by atoms with Crippen LogP contribution in [0, 0.1) is 0 Å². The topological polar surface area (TPSA) is 71.0 Å². The molecule has 0 aliphatic rings. The summed E-state index contributed by atoms with van der Waals surface area (Å²) in [5, 5.41) is 2.90. The molecule has 4 aromatic rings. The zero-order valence-electron chi connectivity index (χ0n) is 16.3. The van der Waals surface area contributed by atoms with E-state index in [1.54, 1.807) is 24.7 Å². The molecule has 0 spiro atoms. The van der Waals surface area contributed by atoms with Crippen molar-refractivity contribution in [2.75, 3.05) is 4.90 Å². The summed E-state index contributed by atoms with van der Waals surface area (Å²) in [5.41, 5.74) is 3.37. The van der Waals surface area contributed by atoms with Gasteiger partial charge in [0.1, 0.15) is 5.69 Å². The number of carbonyl (C=O) groups is 1. The third-order valence-electron chi connectivity index (χ3n) is 4.57. The third kappa shape index (κ3) is 4.86. The van der Waals surface area contributed by atoms with E-state index in [1.165, 1.54) is 0 Å². The van der Waals surface area contributed by atoms with Crippen molar-refractivity contribution in [1.29, 1.82) is 0 Å². The SMILES string of the molecule is O=C(NCc1ccncc1)c1ccnc(N(Cc2ccccc2)c2ccccc2)n1. The predicted octanol–water partition coefficient (Wildman–Crippen LogP) is 4.14. The number of amides is 1. The second-order valence-electron chi connectivity index (χ2n) is 6.69. The minimum absolute atomic E-state index is 0.247. The summed E-state index contributed by atoms with van der Waals surface area (Å²) in [6.07, 6.45) is 5.02. The van der Waals surface area contributed by atoms with E-state index < -0.39 is 0 Å². The van der Waals surface area contributed by atoms with E-state index in [1.807, 2.05) is 65.6 Å². The molecule has 2 aromatic carbocycles. The molecule has 0 fully saturated rings. The van der Waals surface area contributed by atoms with E-state index in [0.717, 1.165) is 16.8 Å². The molecule has 6 nitrogen and oxygen atoms in total. The van der Waals surface area contributed by atoms with Gasteiger partial charge in [-0.05, 0) is 41.5 Å². The van der Waals surface area contributed by atoms with Crippen LogP contribution < -0.4 is 10.2 Å². The fourth-order valence-electron chi connectivity index (χ4n) is 3.03. The normalized spacial score (nSPS) is 10.4. The summed E-state index contributed by atoms with van der Waals surface area (Å²) in [6.45, 7) is 1.00. The summed E-state index contributed by atoms with van der Waals surface area (Å²) in [5.74, 6) is 0.227. The minimum atomic E-state index is -0.247. The van der Waals surface area contributed by atoms with Crippen molar-refractivity contribution in [2.24, 2.45) is 0 Å². The average Bonchev–Trinajstić information content (AvgIpc) is 2.83. The first kappa shape index (κ1) is 19.3. The van der Waals surface area contributed by atoms with Gasteiger partial charge in [0, 0.05) is 30.8 Å². The van der Waals surface area contributed by atoms with Crippen LogP contribution in [-0.2, 0) is 13.1 Å². The van der Waals surface area contributed by atoms with Gasteiger partial charge < -0.3 is 10.2 Å². The molecular weight excluding hydrogens is 374 g/mol. The quantitative estimate of drug-likeness (QED) is 0.509. The standard InChI is InChI=1S/C24H21N5O/c30-23(27-17-19-11-14-25-15-12-19)22-13-16-26-24(28-22)29(21-9-5-2-6-10-21)18-20-7-3-1-4-8-20/h1-16H,17-18H2,(H,27,30). The van der Waals surface area contributed by atoms with Gasteiger partial charge in [-0.15, -0.1) is 0 Å². The molecule has 0 bridgehead atoms. The molecule has 0 radical (unpaired) electrons. The molecule has 148 valence electrons. The Morgan fingerprint density at radius 1 is 0.800 bits per heavy atom. The molecule has 0 aliphatic heterocycles. The van der Waals surface area contributed by atoms with Gasteiger partial charge in [0.15, 0.2) is 0 Å². The number of nitrogens with one attached hydrogen (secondary N) is 1. The third-order valence-corrected chi connectivity index (χ3v) is 4.57. The van der Waals surface area contributed by atoms with Crippen molar-refractivity contribution in [1.82, 2.24) is 20.3 Å². The molecule has 0 atom stereocenters. The highest BCUT2D eigenvalue weighted by Crippen LogP contribution is 2.24. The summed E-state index contributed by atoms with van der Waals surface area (Å²) >= 11 is 0. The number of nitrogens with zero attached hydrogens (tertiary/aromatic N) is 4. The number of aromatic nitrogens is 3. The smallest absolute Gasteiger partial charge is 0.270 e. The highest BCUT2D eigenvalue weighted by molar-refractivity contribution is 5.92. The fraction of sp³-hybridized carbons (Fsp3) is 0.0833. The molecule has 4 rings (SSSR count). The van der Waals surface area contributed by atoms with Crippen molar-refractivity contribution in [3.05, 3.63) is 114 Å². The number of benzene rings is 2. The molecule has 0 unspecified atom stereocenters. The van der Waals surface area contributed by atoms with Crippen LogP contribution >= 0.6 is 0 Å². The van der Waals surface area contributed by atoms with Crippen LogP contribution in [-0.4, -0.2) is 20.9 Å². The molecule has 6 heteroatoms. The molecular formula is C24H21N5O. The van der Waals surface area contributed by atoms with Crippen LogP contribution in [0.25, 0.3) is 0 Å². The number of hydrogen-bond donors (Lipinski definition) is 1. The monoisotopic (exact) mass is 395 g/mol. The molecule has 0 aliphatic carbocycles. The maximum Gasteiger partial charge on any atom is 0.270 e. The Bertz CT molecular complexity index is 1090. The Morgan fingerprint density at radius 3 is 2.23 bits per heavy atom. The van der Waals surface area contributed by atoms with Gasteiger partial charge in [-0.25, -0.2) is 9.97 Å². The van der Waals surface area contributed by atoms with Crippen LogP contribution in [0.2, 0.25) is 0 Å². The first-order chi connectivity index (χ1) is 14.8. The van der Waals surface area contributed by atoms with Crippen LogP contribution in [0.5, 0.6) is 0 Å². The Labute approximate surface area is 175 Å². The largest absolute Gasteiger partial charge is 0.347 e. The predicted molar refractivity (Wildman–Crippen MR) is 116 cm³/mol. The maximum absolute atomic E-state index is 12.7. The lowest BCUT2D eigenvalue weighted by Crippen LogP contribution is -2.25. The number of carbonyl (C=O) groups excluding carboxylic acids is 1. The Morgan fingerprint density at radius 2 is 1.50 bits per heavy atom. The molecule has 2 aromatic heterocycles. The molecule has 1 N–H and O–H groups in total. The van der Waals surface area contributed by atoms with Crippen molar-refractivity contribution < 1.29 is 4.79 Å². The summed E-state index contributed by atoms with van der Waals surface area (Å²) < 4.78 is 0. The highest BCUT2D eigenvalue weighted by Gasteiger charge is 2.16. The van der Waals surface area contributed by atoms with Crippen LogP contribution in [0.3, 0.4) is 0 Å². The van der Waals surface area contributed by atoms with Gasteiger partial charge in [-0.2, -0.15) is 0 Å². The van der Waals surface area contributed by atoms with Gasteiger partial charge in [0.2, 0.25) is 5.95 Å². The highest BCUT2D eigenvalue weighted by atomic mass is 16.1. The van der Waals surface area contributed by atoms with Crippen LogP contribution in [0.15, 0.2) is 97.5 Å². The van der Waals surface area contributed by atoms with E-state index in [2.05, 4.69) is 32.4 Å². The van der Waals surface area contributed by atoms with Gasteiger partial charge in [-0.3, -0.25) is 9.78 Å². The van der Waals surface area contributed by atoms with E-state index in [0.29, 0.717) is 24.7 Å². The van der Waals surface area contributed by atoms with Gasteiger partial charge in [0.25, 0.3) is 5.91 Å². The van der Waals surface area contributed by atoms with Crippen molar-refractivity contribution >= 4 is 17.5 Å². The van der Waals surface area contributed by atoms with Crippen molar-refractivity contribution in [3.63, 3.8) is 0 Å². The van der Waals surface area contributed by atoms with Gasteiger partial charge >= 0.3 is 0 Å². The number of pyridine rings is 1. The van der Waals surface area contributed by atoms with E-state index in [9.17, 15) is 4.79 Å². The molecule has 0 saturated carbocycles. The van der Waals surface area contributed by atoms with Crippen molar-refractivity contribution in [2.45, 2.75) is 13.1 Å². The average molecular weight is 395 g/mol. The van der Waals surface area contributed by atoms with Crippen LogP contribution in [0.1, 0.15) is 21.6 Å². The van der Waals surface area contributed by atoms with Gasteiger partial charge in [-0.1, -0.05) is 48.5 Å². The lowest BCUT2D eigenvalue weighted by Gasteiger charge is -2.23. The number of rotatable bonds is 7. The maximum atomic E-state index is 12.7. The molecule has 2 heterocycles. The molecule has 0 saturated heterocycles. The number of anilines is 2. The Kier molecular flexibility index (Phi) is 6.05. The van der Waals surface area contributed by atoms with E-state index in [4.69, 9.17) is 0 Å². The zero-order chi connectivity index (χ0) is 20.6. The second-order valence-corrected chi connectivity index (χ2v) is 6.69. The summed E-state index contributed by atoms with van der Waals surface area (Å²) in [6, 6.07) is 25.4. The minimum Gasteiger partial charge on any atom is -0.347 e. The summed E-state index contributed by atoms with van der Waals surface area (Å²) in [4.78, 5) is 27.6. The first-order valence-corrected chi connectivity index (χ1v) is 9.66. The van der Waals surface area contributed by atoms with Crippen molar-refractivity contribution in [3.8, 4) is 0 Å². The molecule has 30 heavy (non-hydrogen) atoms. The van der Waals surface area contributed by atoms with Gasteiger partial charge in [0.05, 0.1) is 6.54 Å².